The Morgan fingerprint density at radius 1 is 1.58 bits per heavy atom. The first-order valence-corrected chi connectivity index (χ1v) is 3.37. The molecule has 12 heavy (non-hydrogen) atoms. The molecule has 4 N–H and O–H groups in total. The van der Waals surface area contributed by atoms with E-state index in [0.29, 0.717) is 0 Å². The van der Waals surface area contributed by atoms with Crippen LogP contribution in [0.25, 0.3) is 0 Å². The zero-order valence-electron chi connectivity index (χ0n) is 6.87. The van der Waals surface area contributed by atoms with Crippen molar-refractivity contribution in [2.45, 2.75) is 6.29 Å². The van der Waals surface area contributed by atoms with Gasteiger partial charge >= 0.3 is 12.1 Å². The molecule has 1 aliphatic rings. The van der Waals surface area contributed by atoms with Gasteiger partial charge in [-0.25, -0.2) is 25.3 Å². The van der Waals surface area contributed by atoms with Crippen LogP contribution in [-0.4, -0.2) is 42.4 Å². The fourth-order valence-corrected chi connectivity index (χ4v) is 0.865. The van der Waals surface area contributed by atoms with Gasteiger partial charge < -0.3 is 5.32 Å². The number of urea groups is 2. The number of rotatable bonds is 1. The molecule has 0 saturated carbocycles. The molecular formula is C5H11N5O2. The number of hydrazine groups is 1. The van der Waals surface area contributed by atoms with Crippen LogP contribution in [0.5, 0.6) is 0 Å². The summed E-state index contributed by atoms with van der Waals surface area (Å²) < 4.78 is 0. The molecule has 0 aromatic carbocycles. The maximum atomic E-state index is 11.1. The lowest BCUT2D eigenvalue weighted by Crippen LogP contribution is -2.69. The molecule has 4 amide bonds. The summed E-state index contributed by atoms with van der Waals surface area (Å²) in [6.45, 7) is 0. The summed E-state index contributed by atoms with van der Waals surface area (Å²) in [5, 5.41) is 6.01. The molecule has 1 atom stereocenters. The van der Waals surface area contributed by atoms with Gasteiger partial charge in [-0.1, -0.05) is 0 Å². The van der Waals surface area contributed by atoms with Gasteiger partial charge in [0.05, 0.1) is 0 Å². The van der Waals surface area contributed by atoms with Gasteiger partial charge in [0.25, 0.3) is 0 Å². The molecular weight excluding hydrogens is 162 g/mol. The Hall–Kier alpha value is -1.34. The average molecular weight is 173 g/mol. The van der Waals surface area contributed by atoms with Crippen LogP contribution in [0.2, 0.25) is 0 Å². The Morgan fingerprint density at radius 3 is 2.67 bits per heavy atom. The lowest BCUT2D eigenvalue weighted by Gasteiger charge is -2.35. The third-order valence-corrected chi connectivity index (χ3v) is 1.62. The highest BCUT2D eigenvalue weighted by Gasteiger charge is 2.33. The van der Waals surface area contributed by atoms with Crippen molar-refractivity contribution in [1.29, 1.82) is 0 Å². The minimum absolute atomic E-state index is 0.471. The van der Waals surface area contributed by atoms with Crippen molar-refractivity contribution in [2.75, 3.05) is 14.1 Å². The highest BCUT2D eigenvalue weighted by atomic mass is 16.2. The van der Waals surface area contributed by atoms with Crippen molar-refractivity contribution >= 4 is 12.1 Å². The topological polar surface area (TPSA) is 90.7 Å². The highest BCUT2D eigenvalue weighted by Crippen LogP contribution is 2.01. The van der Waals surface area contributed by atoms with Gasteiger partial charge in [-0.05, 0) is 7.05 Å². The van der Waals surface area contributed by atoms with Gasteiger partial charge in [0, 0.05) is 7.05 Å². The van der Waals surface area contributed by atoms with E-state index >= 15 is 0 Å². The first kappa shape index (κ1) is 8.75. The Labute approximate surface area is 69.4 Å². The van der Waals surface area contributed by atoms with Crippen molar-refractivity contribution < 1.29 is 9.59 Å². The summed E-state index contributed by atoms with van der Waals surface area (Å²) in [6, 6.07) is -1.01. The SMILES string of the molecule is CNC1NC(=O)N(C)C(=O)N1N. The molecule has 0 aliphatic carbocycles. The van der Waals surface area contributed by atoms with Crippen LogP contribution in [-0.2, 0) is 0 Å². The quantitative estimate of drug-likeness (QED) is 0.330. The van der Waals surface area contributed by atoms with Crippen LogP contribution >= 0.6 is 0 Å². The molecule has 1 unspecified atom stereocenters. The molecule has 0 aromatic heterocycles. The molecule has 0 bridgehead atoms. The van der Waals surface area contributed by atoms with E-state index in [0.717, 1.165) is 9.91 Å². The Bertz CT molecular complexity index is 218. The fraction of sp³-hybridized carbons (Fsp3) is 0.600. The maximum absolute atomic E-state index is 11.1. The van der Waals surface area contributed by atoms with Gasteiger partial charge in [0.1, 0.15) is 0 Å². The van der Waals surface area contributed by atoms with E-state index in [1.165, 1.54) is 7.05 Å². The molecule has 7 heteroatoms. The normalized spacial score (nSPS) is 24.4. The summed E-state index contributed by atoms with van der Waals surface area (Å²) in [4.78, 5) is 23.0. The Balaban J connectivity index is 2.77. The lowest BCUT2D eigenvalue weighted by molar-refractivity contribution is 0.100. The minimum Gasteiger partial charge on any atom is -0.303 e. The largest absolute Gasteiger partial charge is 0.345 e. The van der Waals surface area contributed by atoms with E-state index in [-0.39, 0.29) is 0 Å². The molecule has 68 valence electrons. The fourth-order valence-electron chi connectivity index (χ4n) is 0.865. The Morgan fingerprint density at radius 2 is 2.17 bits per heavy atom. The molecule has 1 heterocycles. The smallest absolute Gasteiger partial charge is 0.303 e. The Kier molecular flexibility index (Phi) is 2.15. The first-order valence-electron chi connectivity index (χ1n) is 3.37. The highest BCUT2D eigenvalue weighted by molar-refractivity contribution is 5.95. The summed E-state index contributed by atoms with van der Waals surface area (Å²) in [5.74, 6) is 5.35. The van der Waals surface area contributed by atoms with Crippen LogP contribution in [0.4, 0.5) is 9.59 Å². The number of hydrogen-bond donors (Lipinski definition) is 3. The third-order valence-electron chi connectivity index (χ3n) is 1.62. The predicted molar refractivity (Wildman–Crippen MR) is 40.6 cm³/mol. The summed E-state index contributed by atoms with van der Waals surface area (Å²) in [6.07, 6.45) is -0.638. The van der Waals surface area contributed by atoms with Gasteiger partial charge in [-0.3, -0.25) is 5.32 Å². The van der Waals surface area contributed by atoms with Crippen LogP contribution in [0, 0.1) is 0 Å². The molecule has 1 aliphatic heterocycles. The first-order chi connectivity index (χ1) is 5.57. The van der Waals surface area contributed by atoms with E-state index in [4.69, 9.17) is 5.84 Å². The number of imide groups is 1. The number of nitrogens with two attached hydrogens (primary N) is 1. The third kappa shape index (κ3) is 1.19. The molecule has 1 fully saturated rings. The minimum atomic E-state index is -0.638. The maximum Gasteiger partial charge on any atom is 0.345 e. The van der Waals surface area contributed by atoms with E-state index in [1.807, 2.05) is 0 Å². The van der Waals surface area contributed by atoms with Gasteiger partial charge in [0.15, 0.2) is 6.29 Å². The van der Waals surface area contributed by atoms with Crippen molar-refractivity contribution in [2.24, 2.45) is 5.84 Å². The van der Waals surface area contributed by atoms with Gasteiger partial charge in [-0.15, -0.1) is 0 Å². The van der Waals surface area contributed by atoms with E-state index in [2.05, 4.69) is 10.6 Å². The second kappa shape index (κ2) is 2.95. The van der Waals surface area contributed by atoms with Crippen molar-refractivity contribution in [3.8, 4) is 0 Å². The monoisotopic (exact) mass is 173 g/mol. The van der Waals surface area contributed by atoms with E-state index in [9.17, 15) is 9.59 Å². The van der Waals surface area contributed by atoms with Crippen LogP contribution in [0.15, 0.2) is 0 Å². The standard InChI is InChI=1S/C5H11N5O2/c1-7-3-8-4(11)9(2)5(12)10(3)6/h3,7H,6H2,1-2H3,(H,8,11). The average Bonchev–Trinajstić information content (AvgIpc) is 2.08. The second-order valence-corrected chi connectivity index (χ2v) is 2.39. The van der Waals surface area contributed by atoms with Crippen LogP contribution in [0.1, 0.15) is 0 Å². The van der Waals surface area contributed by atoms with Gasteiger partial charge in [0.2, 0.25) is 0 Å². The zero-order chi connectivity index (χ0) is 9.30. The van der Waals surface area contributed by atoms with E-state index in [1.54, 1.807) is 7.05 Å². The zero-order valence-corrected chi connectivity index (χ0v) is 6.87. The van der Waals surface area contributed by atoms with Gasteiger partial charge in [-0.2, -0.15) is 0 Å². The summed E-state index contributed by atoms with van der Waals surface area (Å²) in [7, 11) is 2.94. The van der Waals surface area contributed by atoms with Crippen molar-refractivity contribution in [1.82, 2.24) is 20.5 Å². The van der Waals surface area contributed by atoms with E-state index < -0.39 is 18.4 Å². The molecule has 1 rings (SSSR count). The number of carbonyl (C=O) groups is 2. The number of nitrogens with zero attached hydrogens (tertiary/aromatic N) is 2. The molecule has 1 saturated heterocycles. The number of nitrogens with one attached hydrogen (secondary N) is 2. The summed E-state index contributed by atoms with van der Waals surface area (Å²) >= 11 is 0. The van der Waals surface area contributed by atoms with Crippen molar-refractivity contribution in [3.05, 3.63) is 0 Å². The van der Waals surface area contributed by atoms with Crippen LogP contribution < -0.4 is 16.5 Å². The number of carbonyl (C=O) groups excluding carboxylic acids is 2. The molecule has 0 radical (unpaired) electrons. The molecule has 0 aromatic rings. The number of amides is 4. The lowest BCUT2D eigenvalue weighted by atomic mass is 10.5. The predicted octanol–water partition coefficient (Wildman–Crippen LogP) is -1.56. The second-order valence-electron chi connectivity index (χ2n) is 2.39. The molecule has 7 nitrogen and oxygen atoms in total. The molecule has 0 spiro atoms. The van der Waals surface area contributed by atoms with Crippen LogP contribution in [0.3, 0.4) is 0 Å². The number of hydrogen-bond acceptors (Lipinski definition) is 4. The summed E-state index contributed by atoms with van der Waals surface area (Å²) in [5.41, 5.74) is 0. The van der Waals surface area contributed by atoms with Crippen molar-refractivity contribution in [3.63, 3.8) is 0 Å².